The van der Waals surface area contributed by atoms with Crippen LogP contribution in [0.25, 0.3) is 0 Å². The zero-order valence-electron chi connectivity index (χ0n) is 9.50. The minimum atomic E-state index is 0.196. The van der Waals surface area contributed by atoms with Gasteiger partial charge in [-0.15, -0.1) is 0 Å². The van der Waals surface area contributed by atoms with Crippen LogP contribution in [0.5, 0.6) is 0 Å². The van der Waals surface area contributed by atoms with Crippen molar-refractivity contribution in [2.75, 3.05) is 20.3 Å². The minimum Gasteiger partial charge on any atom is -0.383 e. The Morgan fingerprint density at radius 3 is 2.50 bits per heavy atom. The van der Waals surface area contributed by atoms with Crippen molar-refractivity contribution in [3.63, 3.8) is 0 Å². The summed E-state index contributed by atoms with van der Waals surface area (Å²) in [7, 11) is 1.67. The van der Waals surface area contributed by atoms with Crippen LogP contribution in [0.2, 0.25) is 0 Å². The number of aliphatic imine (C=N–C) groups is 1. The van der Waals surface area contributed by atoms with Gasteiger partial charge in [-0.05, 0) is 12.8 Å². The highest BCUT2D eigenvalue weighted by atomic mass is 16.5. The van der Waals surface area contributed by atoms with Gasteiger partial charge < -0.3 is 10.1 Å². The van der Waals surface area contributed by atoms with Gasteiger partial charge in [-0.2, -0.15) is 0 Å². The van der Waals surface area contributed by atoms with E-state index in [0.717, 1.165) is 6.54 Å². The van der Waals surface area contributed by atoms with Crippen molar-refractivity contribution in [3.8, 4) is 0 Å². The van der Waals surface area contributed by atoms with Gasteiger partial charge in [-0.3, -0.25) is 10.4 Å². The first-order valence-electron chi connectivity index (χ1n) is 4.86. The second-order valence-corrected chi connectivity index (χ2v) is 3.73. The van der Waals surface area contributed by atoms with Crippen LogP contribution >= 0.6 is 0 Å². The van der Waals surface area contributed by atoms with Crippen LogP contribution in [0.3, 0.4) is 0 Å². The van der Waals surface area contributed by atoms with Gasteiger partial charge in [-0.25, -0.2) is 5.84 Å². The summed E-state index contributed by atoms with van der Waals surface area (Å²) < 4.78 is 4.99. The molecule has 5 nitrogen and oxygen atoms in total. The van der Waals surface area contributed by atoms with E-state index in [2.05, 4.69) is 29.6 Å². The molecule has 0 radical (unpaired) electrons. The summed E-state index contributed by atoms with van der Waals surface area (Å²) in [5.74, 6) is 6.46. The van der Waals surface area contributed by atoms with E-state index in [1.807, 2.05) is 6.92 Å². The van der Waals surface area contributed by atoms with E-state index in [0.29, 0.717) is 18.5 Å². The molecule has 0 aliphatic carbocycles. The number of nitrogens with zero attached hydrogens (tertiary/aromatic N) is 1. The molecule has 0 bridgehead atoms. The maximum atomic E-state index is 5.32. The van der Waals surface area contributed by atoms with Crippen LogP contribution in [-0.2, 0) is 4.74 Å². The molecule has 0 spiro atoms. The van der Waals surface area contributed by atoms with Gasteiger partial charge in [0.15, 0.2) is 0 Å². The van der Waals surface area contributed by atoms with Crippen molar-refractivity contribution < 1.29 is 4.74 Å². The van der Waals surface area contributed by atoms with Crippen molar-refractivity contribution in [2.45, 2.75) is 26.8 Å². The Labute approximate surface area is 86.1 Å². The molecule has 0 aliphatic rings. The fourth-order valence-corrected chi connectivity index (χ4v) is 0.932. The van der Waals surface area contributed by atoms with Crippen molar-refractivity contribution >= 4 is 5.96 Å². The first-order valence-corrected chi connectivity index (χ1v) is 4.86. The van der Waals surface area contributed by atoms with Gasteiger partial charge in [0.2, 0.25) is 5.96 Å². The molecule has 84 valence electrons. The second kappa shape index (κ2) is 7.58. The van der Waals surface area contributed by atoms with Gasteiger partial charge in [-0.1, -0.05) is 13.8 Å². The lowest BCUT2D eigenvalue weighted by Gasteiger charge is -2.15. The Kier molecular flexibility index (Phi) is 7.14. The largest absolute Gasteiger partial charge is 0.383 e. The second-order valence-electron chi connectivity index (χ2n) is 3.73. The molecule has 4 N–H and O–H groups in total. The van der Waals surface area contributed by atoms with Gasteiger partial charge in [0.25, 0.3) is 0 Å². The quantitative estimate of drug-likeness (QED) is 0.256. The summed E-state index contributed by atoms with van der Waals surface area (Å²) in [5, 5.41) is 3.11. The average molecular weight is 202 g/mol. The zero-order valence-corrected chi connectivity index (χ0v) is 9.50. The van der Waals surface area contributed by atoms with Crippen molar-refractivity contribution in [3.05, 3.63) is 0 Å². The summed E-state index contributed by atoms with van der Waals surface area (Å²) in [6.07, 6.45) is 0. The van der Waals surface area contributed by atoms with Gasteiger partial charge in [0.05, 0.1) is 6.61 Å². The van der Waals surface area contributed by atoms with Crippen LogP contribution in [0, 0.1) is 5.92 Å². The number of nitrogens with one attached hydrogen (secondary N) is 2. The lowest BCUT2D eigenvalue weighted by molar-refractivity contribution is 0.179. The average Bonchev–Trinajstić information content (AvgIpc) is 2.12. The lowest BCUT2D eigenvalue weighted by Crippen LogP contribution is -2.47. The maximum absolute atomic E-state index is 5.32. The van der Waals surface area contributed by atoms with E-state index < -0.39 is 0 Å². The molecule has 0 aromatic carbocycles. The third kappa shape index (κ3) is 6.68. The molecule has 0 aliphatic heterocycles. The summed E-state index contributed by atoms with van der Waals surface area (Å²) >= 11 is 0. The molecule has 0 saturated carbocycles. The molecule has 0 rings (SSSR count). The highest BCUT2D eigenvalue weighted by Gasteiger charge is 2.03. The van der Waals surface area contributed by atoms with E-state index in [1.165, 1.54) is 0 Å². The number of hydrogen-bond donors (Lipinski definition) is 3. The fourth-order valence-electron chi connectivity index (χ4n) is 0.932. The van der Waals surface area contributed by atoms with Crippen LogP contribution in [0.15, 0.2) is 4.99 Å². The lowest BCUT2D eigenvalue weighted by atomic mass is 10.2. The van der Waals surface area contributed by atoms with Crippen LogP contribution < -0.4 is 16.6 Å². The third-order valence-corrected chi connectivity index (χ3v) is 1.55. The Hall–Kier alpha value is -0.810. The number of hydrazine groups is 1. The monoisotopic (exact) mass is 202 g/mol. The number of methoxy groups -OCH3 is 1. The minimum absolute atomic E-state index is 0.196. The van der Waals surface area contributed by atoms with Crippen LogP contribution in [0.1, 0.15) is 20.8 Å². The number of guanidine groups is 1. The molecule has 0 heterocycles. The van der Waals surface area contributed by atoms with Gasteiger partial charge in [0, 0.05) is 19.7 Å². The molecule has 0 aromatic heterocycles. The normalized spacial score (nSPS) is 14.3. The molecule has 14 heavy (non-hydrogen) atoms. The summed E-state index contributed by atoms with van der Waals surface area (Å²) in [4.78, 5) is 4.28. The number of rotatable bonds is 5. The number of ether oxygens (including phenoxy) is 1. The fraction of sp³-hybridized carbons (Fsp3) is 0.889. The molecule has 0 amide bonds. The summed E-state index contributed by atoms with van der Waals surface area (Å²) in [5.41, 5.74) is 2.53. The topological polar surface area (TPSA) is 71.7 Å². The van der Waals surface area contributed by atoms with E-state index in [9.17, 15) is 0 Å². The number of hydrogen-bond acceptors (Lipinski definition) is 3. The molecule has 1 atom stereocenters. The molecule has 1 unspecified atom stereocenters. The summed E-state index contributed by atoms with van der Waals surface area (Å²) in [6.45, 7) is 7.60. The van der Waals surface area contributed by atoms with Gasteiger partial charge in [0.1, 0.15) is 0 Å². The van der Waals surface area contributed by atoms with Crippen molar-refractivity contribution in [2.24, 2.45) is 16.8 Å². The molecule has 0 saturated heterocycles. The van der Waals surface area contributed by atoms with Crippen LogP contribution in [-0.4, -0.2) is 32.3 Å². The molecular formula is C9H22N4O. The molecule has 5 heteroatoms. The Morgan fingerprint density at radius 1 is 1.43 bits per heavy atom. The van der Waals surface area contributed by atoms with E-state index in [4.69, 9.17) is 10.6 Å². The van der Waals surface area contributed by atoms with Crippen LogP contribution in [0.4, 0.5) is 0 Å². The Bertz CT molecular complexity index is 170. The van der Waals surface area contributed by atoms with E-state index in [-0.39, 0.29) is 6.04 Å². The standard InChI is InChI=1S/C9H22N4O/c1-7(2)5-11-9(13-10)12-8(3)6-14-4/h7-8H,5-6,10H2,1-4H3,(H2,11,12,13). The summed E-state index contributed by atoms with van der Waals surface area (Å²) in [6, 6.07) is 0.196. The molecule has 0 fully saturated rings. The van der Waals surface area contributed by atoms with Crippen molar-refractivity contribution in [1.82, 2.24) is 10.7 Å². The predicted molar refractivity (Wildman–Crippen MR) is 58.9 cm³/mol. The molecular weight excluding hydrogens is 180 g/mol. The van der Waals surface area contributed by atoms with Gasteiger partial charge >= 0.3 is 0 Å². The Balaban J connectivity index is 3.94. The first kappa shape index (κ1) is 13.2. The zero-order chi connectivity index (χ0) is 11.0. The highest BCUT2D eigenvalue weighted by molar-refractivity contribution is 5.79. The van der Waals surface area contributed by atoms with Crippen molar-refractivity contribution in [1.29, 1.82) is 0 Å². The number of nitrogens with two attached hydrogens (primary N) is 1. The predicted octanol–water partition coefficient (Wildman–Crippen LogP) is 0.0862. The van der Waals surface area contributed by atoms with E-state index >= 15 is 0 Å². The smallest absolute Gasteiger partial charge is 0.206 e. The highest BCUT2D eigenvalue weighted by Crippen LogP contribution is 1.91. The molecule has 0 aromatic rings. The Morgan fingerprint density at radius 2 is 2.07 bits per heavy atom. The first-order chi connectivity index (χ1) is 6.60. The third-order valence-electron chi connectivity index (χ3n) is 1.55. The maximum Gasteiger partial charge on any atom is 0.206 e. The SMILES string of the molecule is COCC(C)NC(=NCC(C)C)NN. The van der Waals surface area contributed by atoms with E-state index in [1.54, 1.807) is 7.11 Å².